The summed E-state index contributed by atoms with van der Waals surface area (Å²) in [6.45, 7) is 7.16. The molecular weight excluding hydrogens is 236 g/mol. The number of hydrogen-bond donors (Lipinski definition) is 1. The van der Waals surface area contributed by atoms with Gasteiger partial charge in [-0.1, -0.05) is 19.9 Å². The smallest absolute Gasteiger partial charge is 0.138 e. The van der Waals surface area contributed by atoms with Crippen LogP contribution in [0.25, 0.3) is 5.65 Å². The summed E-state index contributed by atoms with van der Waals surface area (Å²) in [5, 5.41) is 12.7. The Bertz CT molecular complexity index is 592. The van der Waals surface area contributed by atoms with Gasteiger partial charge in [0.15, 0.2) is 0 Å². The maximum Gasteiger partial charge on any atom is 0.138 e. The van der Waals surface area contributed by atoms with Crippen molar-refractivity contribution in [1.82, 2.24) is 14.7 Å². The molecule has 0 saturated carbocycles. The normalized spacial score (nSPS) is 12.8. The summed E-state index contributed by atoms with van der Waals surface area (Å²) >= 11 is 0. The molecule has 0 fully saturated rings. The average molecular weight is 256 g/mol. The van der Waals surface area contributed by atoms with E-state index in [1.54, 1.807) is 0 Å². The lowest BCUT2D eigenvalue weighted by atomic mass is 10.1. The number of nitriles is 1. The quantitative estimate of drug-likeness (QED) is 0.895. The SMILES string of the molecule is Cc1nc2ccccn2c1C(C#N)NCCC(C)C. The van der Waals surface area contributed by atoms with Crippen molar-refractivity contribution in [2.75, 3.05) is 6.54 Å². The van der Waals surface area contributed by atoms with Crippen LogP contribution in [0.1, 0.15) is 37.7 Å². The Balaban J connectivity index is 2.26. The second kappa shape index (κ2) is 5.85. The van der Waals surface area contributed by atoms with Crippen LogP contribution in [0, 0.1) is 24.2 Å². The van der Waals surface area contributed by atoms with Gasteiger partial charge in [0.05, 0.1) is 17.5 Å². The van der Waals surface area contributed by atoms with E-state index in [1.165, 1.54) is 0 Å². The maximum absolute atomic E-state index is 9.39. The van der Waals surface area contributed by atoms with Gasteiger partial charge in [0.25, 0.3) is 0 Å². The molecule has 19 heavy (non-hydrogen) atoms. The molecule has 0 aliphatic carbocycles. The molecule has 0 bridgehead atoms. The molecule has 2 aromatic rings. The predicted molar refractivity (Wildman–Crippen MR) is 75.7 cm³/mol. The number of nitrogens with zero attached hydrogens (tertiary/aromatic N) is 3. The molecule has 0 aliphatic rings. The minimum absolute atomic E-state index is 0.309. The van der Waals surface area contributed by atoms with Gasteiger partial charge in [-0.05, 0) is 37.9 Å². The Morgan fingerprint density at radius 3 is 2.89 bits per heavy atom. The first-order valence-corrected chi connectivity index (χ1v) is 6.70. The Hall–Kier alpha value is -1.86. The van der Waals surface area contributed by atoms with Crippen LogP contribution in [0.4, 0.5) is 0 Å². The van der Waals surface area contributed by atoms with E-state index in [9.17, 15) is 5.26 Å². The monoisotopic (exact) mass is 256 g/mol. The van der Waals surface area contributed by atoms with Crippen molar-refractivity contribution in [3.05, 3.63) is 35.8 Å². The summed E-state index contributed by atoms with van der Waals surface area (Å²) in [5.41, 5.74) is 2.75. The van der Waals surface area contributed by atoms with Gasteiger partial charge in [0, 0.05) is 6.20 Å². The van der Waals surface area contributed by atoms with Gasteiger partial charge in [-0.3, -0.25) is 5.32 Å². The maximum atomic E-state index is 9.39. The summed E-state index contributed by atoms with van der Waals surface area (Å²) in [6, 6.07) is 7.90. The minimum atomic E-state index is -0.309. The van der Waals surface area contributed by atoms with E-state index in [1.807, 2.05) is 35.7 Å². The molecule has 0 aliphatic heterocycles. The second-order valence-corrected chi connectivity index (χ2v) is 5.21. The fraction of sp³-hybridized carbons (Fsp3) is 0.467. The van der Waals surface area contributed by atoms with Crippen LogP contribution < -0.4 is 5.32 Å². The van der Waals surface area contributed by atoms with Crippen LogP contribution >= 0.6 is 0 Å². The number of fused-ring (bicyclic) bond motifs is 1. The van der Waals surface area contributed by atoms with E-state index in [0.29, 0.717) is 5.92 Å². The molecule has 2 aromatic heterocycles. The van der Waals surface area contributed by atoms with Gasteiger partial charge in [0.2, 0.25) is 0 Å². The molecule has 1 N–H and O–H groups in total. The molecule has 1 unspecified atom stereocenters. The molecule has 2 heterocycles. The first-order chi connectivity index (χ1) is 9.13. The summed E-state index contributed by atoms with van der Waals surface area (Å²) in [5.74, 6) is 0.634. The number of rotatable bonds is 5. The molecule has 0 aromatic carbocycles. The highest BCUT2D eigenvalue weighted by Crippen LogP contribution is 2.19. The van der Waals surface area contributed by atoms with Gasteiger partial charge < -0.3 is 4.40 Å². The third-order valence-corrected chi connectivity index (χ3v) is 3.22. The van der Waals surface area contributed by atoms with Crippen molar-refractivity contribution < 1.29 is 0 Å². The topological polar surface area (TPSA) is 53.1 Å². The lowest BCUT2D eigenvalue weighted by Gasteiger charge is -2.13. The highest BCUT2D eigenvalue weighted by Gasteiger charge is 2.18. The van der Waals surface area contributed by atoms with Gasteiger partial charge in [-0.15, -0.1) is 0 Å². The van der Waals surface area contributed by atoms with Crippen molar-refractivity contribution >= 4 is 5.65 Å². The van der Waals surface area contributed by atoms with E-state index >= 15 is 0 Å². The van der Waals surface area contributed by atoms with Gasteiger partial charge >= 0.3 is 0 Å². The molecule has 100 valence electrons. The van der Waals surface area contributed by atoms with E-state index < -0.39 is 0 Å². The van der Waals surface area contributed by atoms with Crippen molar-refractivity contribution in [2.45, 2.75) is 33.2 Å². The highest BCUT2D eigenvalue weighted by atomic mass is 15.1. The molecule has 4 nitrogen and oxygen atoms in total. The van der Waals surface area contributed by atoms with Gasteiger partial charge in [0.1, 0.15) is 11.7 Å². The number of aryl methyl sites for hydroxylation is 1. The lowest BCUT2D eigenvalue weighted by molar-refractivity contribution is 0.513. The van der Waals surface area contributed by atoms with Crippen LogP contribution in [0.15, 0.2) is 24.4 Å². The van der Waals surface area contributed by atoms with Crippen LogP contribution in [0.3, 0.4) is 0 Å². The summed E-state index contributed by atoms with van der Waals surface area (Å²) in [7, 11) is 0. The fourth-order valence-electron chi connectivity index (χ4n) is 2.20. The molecule has 0 radical (unpaired) electrons. The molecule has 2 rings (SSSR count). The number of nitrogens with one attached hydrogen (secondary N) is 1. The molecule has 0 amide bonds. The summed E-state index contributed by atoms with van der Waals surface area (Å²) in [4.78, 5) is 4.50. The van der Waals surface area contributed by atoms with Crippen LogP contribution in [0.2, 0.25) is 0 Å². The molecule has 0 saturated heterocycles. The van der Waals surface area contributed by atoms with Crippen LogP contribution in [-0.4, -0.2) is 15.9 Å². The number of aromatic nitrogens is 2. The highest BCUT2D eigenvalue weighted by molar-refractivity contribution is 5.44. The fourth-order valence-corrected chi connectivity index (χ4v) is 2.20. The lowest BCUT2D eigenvalue weighted by Crippen LogP contribution is -2.24. The third-order valence-electron chi connectivity index (χ3n) is 3.22. The molecule has 1 atom stereocenters. The van der Waals surface area contributed by atoms with Gasteiger partial charge in [-0.25, -0.2) is 4.98 Å². The summed E-state index contributed by atoms with van der Waals surface area (Å²) < 4.78 is 1.99. The second-order valence-electron chi connectivity index (χ2n) is 5.21. The van der Waals surface area contributed by atoms with E-state index in [0.717, 1.165) is 30.0 Å². The zero-order chi connectivity index (χ0) is 13.8. The third kappa shape index (κ3) is 2.94. The van der Waals surface area contributed by atoms with Crippen LogP contribution in [0.5, 0.6) is 0 Å². The van der Waals surface area contributed by atoms with Crippen molar-refractivity contribution in [3.63, 3.8) is 0 Å². The largest absolute Gasteiger partial charge is 0.301 e. The van der Waals surface area contributed by atoms with Gasteiger partial charge in [-0.2, -0.15) is 5.26 Å². The Morgan fingerprint density at radius 1 is 1.42 bits per heavy atom. The molecule has 4 heteroatoms. The molecular formula is C15H20N4. The van der Waals surface area contributed by atoms with Crippen molar-refractivity contribution in [3.8, 4) is 6.07 Å². The summed E-state index contributed by atoms with van der Waals surface area (Å²) in [6.07, 6.45) is 3.02. The first-order valence-electron chi connectivity index (χ1n) is 6.70. The van der Waals surface area contributed by atoms with E-state index in [4.69, 9.17) is 0 Å². The number of imidazole rings is 1. The van der Waals surface area contributed by atoms with Crippen molar-refractivity contribution in [2.24, 2.45) is 5.92 Å². The van der Waals surface area contributed by atoms with Crippen LogP contribution in [-0.2, 0) is 0 Å². The average Bonchev–Trinajstić information content (AvgIpc) is 2.71. The Morgan fingerprint density at radius 2 is 2.21 bits per heavy atom. The predicted octanol–water partition coefficient (Wildman–Crippen LogP) is 2.84. The zero-order valence-electron chi connectivity index (χ0n) is 11.7. The molecule has 0 spiro atoms. The van der Waals surface area contributed by atoms with E-state index in [2.05, 4.69) is 30.2 Å². The minimum Gasteiger partial charge on any atom is -0.301 e. The Kier molecular flexibility index (Phi) is 4.18. The van der Waals surface area contributed by atoms with Crippen molar-refractivity contribution in [1.29, 1.82) is 5.26 Å². The van der Waals surface area contributed by atoms with E-state index in [-0.39, 0.29) is 6.04 Å². The number of hydrogen-bond acceptors (Lipinski definition) is 3. The number of pyridine rings is 1. The zero-order valence-corrected chi connectivity index (χ0v) is 11.7. The Labute approximate surface area is 114 Å². The standard InChI is InChI=1S/C15H20N4/c1-11(2)7-8-17-13(10-16)15-12(3)18-14-6-4-5-9-19(14)15/h4-6,9,11,13,17H,7-8H2,1-3H3. The first kappa shape index (κ1) is 13.6.